The number of hydrogen-bond donors (Lipinski definition) is 1. The number of likely N-dealkylation sites (tertiary alicyclic amines) is 1. The van der Waals surface area contributed by atoms with Crippen molar-refractivity contribution in [2.45, 2.75) is 38.1 Å². The van der Waals surface area contributed by atoms with Crippen LogP contribution in [0.5, 0.6) is 0 Å². The van der Waals surface area contributed by atoms with Crippen molar-refractivity contribution in [1.29, 1.82) is 0 Å². The van der Waals surface area contributed by atoms with E-state index in [-0.39, 0.29) is 5.91 Å². The smallest absolute Gasteiger partial charge is 0.222 e. The first-order valence-electron chi connectivity index (χ1n) is 7.57. The van der Waals surface area contributed by atoms with Crippen LogP contribution in [0.25, 0.3) is 0 Å². The Morgan fingerprint density at radius 2 is 2.43 bits per heavy atom. The third kappa shape index (κ3) is 3.51. The van der Waals surface area contributed by atoms with Gasteiger partial charge in [-0.05, 0) is 30.9 Å². The van der Waals surface area contributed by atoms with Crippen molar-refractivity contribution in [3.05, 3.63) is 36.4 Å². The Morgan fingerprint density at radius 3 is 3.19 bits per heavy atom. The van der Waals surface area contributed by atoms with Gasteiger partial charge in [0.15, 0.2) is 0 Å². The first kappa shape index (κ1) is 13.9. The van der Waals surface area contributed by atoms with Crippen LogP contribution >= 0.6 is 0 Å². The zero-order chi connectivity index (χ0) is 14.5. The van der Waals surface area contributed by atoms with Crippen LogP contribution in [0.15, 0.2) is 30.9 Å². The summed E-state index contributed by atoms with van der Waals surface area (Å²) in [6.07, 6.45) is 11.2. The van der Waals surface area contributed by atoms with Crippen molar-refractivity contribution < 1.29 is 4.79 Å². The van der Waals surface area contributed by atoms with E-state index in [9.17, 15) is 4.79 Å². The Morgan fingerprint density at radius 1 is 1.48 bits per heavy atom. The number of piperidine rings is 1. The molecule has 1 fully saturated rings. The number of nitrogens with zero attached hydrogens (tertiary/aromatic N) is 4. The van der Waals surface area contributed by atoms with E-state index >= 15 is 0 Å². The Labute approximate surface area is 124 Å². The van der Waals surface area contributed by atoms with Crippen molar-refractivity contribution in [3.8, 4) is 0 Å². The van der Waals surface area contributed by atoms with Crippen molar-refractivity contribution in [2.75, 3.05) is 13.1 Å². The summed E-state index contributed by atoms with van der Waals surface area (Å²) in [5.74, 6) is 0.683. The summed E-state index contributed by atoms with van der Waals surface area (Å²) in [6.45, 7) is 2.51. The lowest BCUT2D eigenvalue weighted by Crippen LogP contribution is -2.39. The van der Waals surface area contributed by atoms with Gasteiger partial charge in [0.2, 0.25) is 5.91 Å². The molecule has 0 radical (unpaired) electrons. The van der Waals surface area contributed by atoms with E-state index in [2.05, 4.69) is 15.3 Å². The Bertz CT molecular complexity index is 549. The lowest BCUT2D eigenvalue weighted by molar-refractivity contribution is -0.132. The highest BCUT2D eigenvalue weighted by molar-refractivity contribution is 5.76. The molecule has 112 valence electrons. The maximum atomic E-state index is 12.3. The lowest BCUT2D eigenvalue weighted by Gasteiger charge is -2.32. The van der Waals surface area contributed by atoms with Gasteiger partial charge in [-0.15, -0.1) is 0 Å². The summed E-state index contributed by atoms with van der Waals surface area (Å²) in [4.78, 5) is 14.3. The zero-order valence-electron chi connectivity index (χ0n) is 12.1. The monoisotopic (exact) mass is 287 g/mol. The van der Waals surface area contributed by atoms with Crippen LogP contribution in [0, 0.1) is 0 Å². The number of aromatic amines is 1. The predicted octanol–water partition coefficient (Wildman–Crippen LogP) is 1.79. The molecular formula is C15H21N5O. The number of aryl methyl sites for hydroxylation is 1. The first-order chi connectivity index (χ1) is 10.3. The third-order valence-electron chi connectivity index (χ3n) is 4.10. The summed E-state index contributed by atoms with van der Waals surface area (Å²) < 4.78 is 1.87. The molecule has 1 N–H and O–H groups in total. The van der Waals surface area contributed by atoms with E-state index < -0.39 is 0 Å². The number of carbonyl (C=O) groups excluding carboxylic acids is 1. The fraction of sp³-hybridized carbons (Fsp3) is 0.533. The molecule has 1 aliphatic rings. The van der Waals surface area contributed by atoms with Crippen LogP contribution in [0.4, 0.5) is 0 Å². The SMILES string of the molecule is O=C(CCCn1cccn1)N1CCC[C@H](c2cn[nH]c2)C1. The van der Waals surface area contributed by atoms with Gasteiger partial charge in [0.25, 0.3) is 0 Å². The Hall–Kier alpha value is -2.11. The molecule has 0 unspecified atom stereocenters. The third-order valence-corrected chi connectivity index (χ3v) is 4.10. The number of carbonyl (C=O) groups is 1. The molecule has 1 saturated heterocycles. The molecule has 0 bridgehead atoms. The van der Waals surface area contributed by atoms with Gasteiger partial charge in [-0.25, -0.2) is 0 Å². The van der Waals surface area contributed by atoms with Crippen LogP contribution in [0.2, 0.25) is 0 Å². The molecule has 2 aromatic heterocycles. The molecule has 6 heteroatoms. The molecule has 21 heavy (non-hydrogen) atoms. The minimum Gasteiger partial charge on any atom is -0.342 e. The highest BCUT2D eigenvalue weighted by atomic mass is 16.2. The van der Waals surface area contributed by atoms with Crippen LogP contribution in [0.3, 0.4) is 0 Å². The van der Waals surface area contributed by atoms with Crippen LogP contribution in [-0.2, 0) is 11.3 Å². The summed E-state index contributed by atoms with van der Waals surface area (Å²) >= 11 is 0. The van der Waals surface area contributed by atoms with Gasteiger partial charge >= 0.3 is 0 Å². The number of H-pyrrole nitrogens is 1. The quantitative estimate of drug-likeness (QED) is 0.911. The normalized spacial score (nSPS) is 18.9. The second kappa shape index (κ2) is 6.56. The molecular weight excluding hydrogens is 266 g/mol. The van der Waals surface area contributed by atoms with Crippen molar-refractivity contribution >= 4 is 5.91 Å². The minimum absolute atomic E-state index is 0.260. The molecule has 1 amide bonds. The first-order valence-corrected chi connectivity index (χ1v) is 7.57. The van der Waals surface area contributed by atoms with E-state index in [0.717, 1.165) is 38.9 Å². The molecule has 3 heterocycles. The number of rotatable bonds is 5. The van der Waals surface area contributed by atoms with E-state index in [0.29, 0.717) is 12.3 Å². The summed E-state index contributed by atoms with van der Waals surface area (Å²) in [7, 11) is 0. The second-order valence-electron chi connectivity index (χ2n) is 5.58. The average Bonchev–Trinajstić information content (AvgIpc) is 3.21. The van der Waals surface area contributed by atoms with Gasteiger partial charge in [-0.2, -0.15) is 10.2 Å². The van der Waals surface area contributed by atoms with Gasteiger partial charge < -0.3 is 4.90 Å². The average molecular weight is 287 g/mol. The predicted molar refractivity (Wildman–Crippen MR) is 78.6 cm³/mol. The summed E-state index contributed by atoms with van der Waals surface area (Å²) in [5.41, 5.74) is 1.21. The van der Waals surface area contributed by atoms with Gasteiger partial charge in [0, 0.05) is 50.6 Å². The number of amides is 1. The molecule has 6 nitrogen and oxygen atoms in total. The molecule has 3 rings (SSSR count). The van der Waals surface area contributed by atoms with Gasteiger partial charge in [-0.1, -0.05) is 0 Å². The van der Waals surface area contributed by atoms with Crippen LogP contribution < -0.4 is 0 Å². The van der Waals surface area contributed by atoms with Gasteiger partial charge in [-0.3, -0.25) is 14.6 Å². The fourth-order valence-electron chi connectivity index (χ4n) is 2.94. The molecule has 0 spiro atoms. The fourth-order valence-corrected chi connectivity index (χ4v) is 2.94. The van der Waals surface area contributed by atoms with Crippen molar-refractivity contribution in [3.63, 3.8) is 0 Å². The standard InChI is InChI=1S/C15H21N5O/c21-15(5-2-8-20-9-3-6-18-20)19-7-1-4-13(12-19)14-10-16-17-11-14/h3,6,9-11,13H,1-2,4-5,7-8,12H2,(H,16,17)/t13-/m0/s1. The van der Waals surface area contributed by atoms with Crippen molar-refractivity contribution in [1.82, 2.24) is 24.9 Å². The van der Waals surface area contributed by atoms with Crippen LogP contribution in [-0.4, -0.2) is 43.9 Å². The van der Waals surface area contributed by atoms with E-state index in [4.69, 9.17) is 0 Å². The van der Waals surface area contributed by atoms with Gasteiger partial charge in [0.05, 0.1) is 6.20 Å². The second-order valence-corrected chi connectivity index (χ2v) is 5.58. The summed E-state index contributed by atoms with van der Waals surface area (Å²) in [5, 5.41) is 11.0. The molecule has 0 saturated carbocycles. The highest BCUT2D eigenvalue weighted by Crippen LogP contribution is 2.26. The Kier molecular flexibility index (Phi) is 4.33. The van der Waals surface area contributed by atoms with E-state index in [1.54, 1.807) is 6.20 Å². The largest absolute Gasteiger partial charge is 0.342 e. The maximum Gasteiger partial charge on any atom is 0.222 e. The Balaban J connectivity index is 1.48. The zero-order valence-corrected chi connectivity index (χ0v) is 12.1. The highest BCUT2D eigenvalue weighted by Gasteiger charge is 2.24. The molecule has 0 aromatic carbocycles. The van der Waals surface area contributed by atoms with E-state index in [1.807, 2.05) is 34.2 Å². The topological polar surface area (TPSA) is 66.8 Å². The maximum absolute atomic E-state index is 12.3. The van der Waals surface area contributed by atoms with Crippen molar-refractivity contribution in [2.24, 2.45) is 0 Å². The lowest BCUT2D eigenvalue weighted by atomic mass is 9.92. The van der Waals surface area contributed by atoms with Crippen LogP contribution in [0.1, 0.15) is 37.2 Å². The molecule has 1 atom stereocenters. The van der Waals surface area contributed by atoms with Gasteiger partial charge in [0.1, 0.15) is 0 Å². The molecule has 0 aliphatic carbocycles. The summed E-state index contributed by atoms with van der Waals surface area (Å²) in [6, 6.07) is 1.90. The molecule has 1 aliphatic heterocycles. The number of nitrogens with one attached hydrogen (secondary N) is 1. The molecule has 2 aromatic rings. The number of hydrogen-bond acceptors (Lipinski definition) is 3. The van der Waals surface area contributed by atoms with E-state index in [1.165, 1.54) is 5.56 Å². The number of aromatic nitrogens is 4. The minimum atomic E-state index is 0.260.